The van der Waals surface area contributed by atoms with Crippen molar-refractivity contribution in [2.24, 2.45) is 0 Å². The molecule has 11 heteroatoms. The summed E-state index contributed by atoms with van der Waals surface area (Å²) in [7, 11) is 2.52. The van der Waals surface area contributed by atoms with Gasteiger partial charge in [-0.3, -0.25) is 14.4 Å². The van der Waals surface area contributed by atoms with Crippen LogP contribution in [0, 0.1) is 13.8 Å². The van der Waals surface area contributed by atoms with Gasteiger partial charge in [-0.25, -0.2) is 9.59 Å². The fourth-order valence-electron chi connectivity index (χ4n) is 3.88. The van der Waals surface area contributed by atoms with Gasteiger partial charge in [0, 0.05) is 12.8 Å². The fourth-order valence-corrected chi connectivity index (χ4v) is 3.88. The van der Waals surface area contributed by atoms with Crippen molar-refractivity contribution in [3.05, 3.63) is 45.0 Å². The lowest BCUT2D eigenvalue weighted by atomic mass is 9.97. The smallest absolute Gasteiger partial charge is 0.355 e. The van der Waals surface area contributed by atoms with E-state index in [1.165, 1.54) is 14.2 Å². The van der Waals surface area contributed by atoms with Crippen molar-refractivity contribution in [1.82, 2.24) is 9.97 Å². The average Bonchev–Trinajstić information content (AvgIpc) is 3.37. The summed E-state index contributed by atoms with van der Waals surface area (Å²) < 4.78 is 19.6. The predicted molar refractivity (Wildman–Crippen MR) is 127 cm³/mol. The Morgan fingerprint density at radius 2 is 1.00 bits per heavy atom. The lowest BCUT2D eigenvalue weighted by molar-refractivity contribution is -0.141. The molecule has 11 nitrogen and oxygen atoms in total. The van der Waals surface area contributed by atoms with Crippen LogP contribution in [0.5, 0.6) is 0 Å². The van der Waals surface area contributed by atoms with Crippen molar-refractivity contribution in [3.8, 4) is 0 Å². The highest BCUT2D eigenvalue weighted by Gasteiger charge is 2.30. The highest BCUT2D eigenvalue weighted by atomic mass is 16.5. The van der Waals surface area contributed by atoms with E-state index in [-0.39, 0.29) is 61.7 Å². The molecule has 0 fully saturated rings. The molecule has 2 rings (SSSR count). The number of ether oxygens (including phenoxy) is 4. The lowest BCUT2D eigenvalue weighted by Crippen LogP contribution is -2.12. The summed E-state index contributed by atoms with van der Waals surface area (Å²) >= 11 is 0. The van der Waals surface area contributed by atoms with Crippen LogP contribution in [0.3, 0.4) is 0 Å². The number of rotatable bonds is 12. The molecule has 0 aliphatic carbocycles. The summed E-state index contributed by atoms with van der Waals surface area (Å²) in [5.41, 5.74) is 2.12. The zero-order chi connectivity index (χ0) is 27.0. The minimum Gasteiger partial charge on any atom is -0.469 e. The van der Waals surface area contributed by atoms with Gasteiger partial charge < -0.3 is 28.9 Å². The van der Waals surface area contributed by atoms with Crippen LogP contribution in [0.15, 0.2) is 0 Å². The van der Waals surface area contributed by atoms with Crippen molar-refractivity contribution in [1.29, 1.82) is 0 Å². The van der Waals surface area contributed by atoms with Crippen molar-refractivity contribution >= 4 is 29.7 Å². The number of H-pyrrole nitrogens is 2. The van der Waals surface area contributed by atoms with Crippen LogP contribution in [0.25, 0.3) is 0 Å². The molecular formula is C25H32N2O9. The highest BCUT2D eigenvalue weighted by Crippen LogP contribution is 2.28. The molecule has 0 amide bonds. The Hall–Kier alpha value is -3.89. The number of aromatic nitrogens is 2. The second kappa shape index (κ2) is 12.7. The second-order valence-corrected chi connectivity index (χ2v) is 7.88. The van der Waals surface area contributed by atoms with E-state index in [1.54, 1.807) is 27.7 Å². The Balaban J connectivity index is 2.64. The summed E-state index contributed by atoms with van der Waals surface area (Å²) in [4.78, 5) is 68.1. The molecule has 0 saturated carbocycles. The topological polar surface area (TPSA) is 154 Å². The normalized spacial score (nSPS) is 10.6. The Bertz CT molecular complexity index is 1070. The standard InChI is InChI=1S/C25H32N2O9/c1-7-35-24(31)19-13(3)15(9-11-17(28)33-5)21(26-19)23(30)22-16(10-12-18(29)34-6)14(4)20(27-22)25(32)36-8-2/h26-27H,7-12H2,1-6H3. The van der Waals surface area contributed by atoms with Gasteiger partial charge in [-0.05, 0) is 62.8 Å². The Morgan fingerprint density at radius 3 is 1.31 bits per heavy atom. The van der Waals surface area contributed by atoms with E-state index in [1.807, 2.05) is 0 Å². The third kappa shape index (κ3) is 6.21. The van der Waals surface area contributed by atoms with Gasteiger partial charge in [-0.2, -0.15) is 0 Å². The van der Waals surface area contributed by atoms with E-state index < -0.39 is 29.7 Å². The predicted octanol–water partition coefficient (Wildman–Crippen LogP) is 2.76. The van der Waals surface area contributed by atoms with E-state index >= 15 is 0 Å². The van der Waals surface area contributed by atoms with Crippen molar-refractivity contribution in [2.75, 3.05) is 27.4 Å². The molecule has 0 atom stereocenters. The van der Waals surface area contributed by atoms with Crippen molar-refractivity contribution < 1.29 is 42.9 Å². The summed E-state index contributed by atoms with van der Waals surface area (Å²) in [5.74, 6) is -2.80. The van der Waals surface area contributed by atoms with Gasteiger partial charge in [0.2, 0.25) is 5.78 Å². The van der Waals surface area contributed by atoms with Gasteiger partial charge in [0.05, 0.1) is 38.8 Å². The number of carbonyl (C=O) groups is 5. The molecule has 196 valence electrons. The van der Waals surface area contributed by atoms with E-state index in [2.05, 4.69) is 9.97 Å². The van der Waals surface area contributed by atoms with E-state index in [0.29, 0.717) is 22.3 Å². The van der Waals surface area contributed by atoms with Crippen LogP contribution in [0.4, 0.5) is 0 Å². The number of hydrogen-bond acceptors (Lipinski definition) is 9. The maximum absolute atomic E-state index is 13.8. The monoisotopic (exact) mass is 504 g/mol. The Labute approximate surface area is 208 Å². The van der Waals surface area contributed by atoms with Gasteiger partial charge in [0.1, 0.15) is 11.4 Å². The maximum atomic E-state index is 13.8. The molecule has 0 aromatic carbocycles. The first-order valence-corrected chi connectivity index (χ1v) is 11.6. The number of hydrogen-bond donors (Lipinski definition) is 2. The van der Waals surface area contributed by atoms with Crippen LogP contribution >= 0.6 is 0 Å². The van der Waals surface area contributed by atoms with Crippen LogP contribution in [-0.2, 0) is 41.4 Å². The molecule has 2 aromatic rings. The molecule has 36 heavy (non-hydrogen) atoms. The molecule has 0 spiro atoms. The SMILES string of the molecule is CCOC(=O)c1[nH]c(C(=O)c2[nH]c(C(=O)OCC)c(C)c2CCC(=O)OC)c(CCC(=O)OC)c1C. The third-order valence-corrected chi connectivity index (χ3v) is 5.79. The summed E-state index contributed by atoms with van der Waals surface area (Å²) in [6.45, 7) is 6.88. The number of esters is 4. The quantitative estimate of drug-likeness (QED) is 0.252. The molecule has 0 aliphatic heterocycles. The highest BCUT2D eigenvalue weighted by molar-refractivity contribution is 6.11. The summed E-state index contributed by atoms with van der Waals surface area (Å²) in [6.07, 6.45) is 0.199. The zero-order valence-corrected chi connectivity index (χ0v) is 21.4. The third-order valence-electron chi connectivity index (χ3n) is 5.79. The van der Waals surface area contributed by atoms with Gasteiger partial charge in [-0.1, -0.05) is 0 Å². The molecule has 0 unspecified atom stereocenters. The Morgan fingerprint density at radius 1 is 0.639 bits per heavy atom. The van der Waals surface area contributed by atoms with Crippen LogP contribution in [0.2, 0.25) is 0 Å². The Kier molecular flexibility index (Phi) is 10.0. The molecule has 2 N–H and O–H groups in total. The first kappa shape index (κ1) is 28.3. The zero-order valence-electron chi connectivity index (χ0n) is 21.4. The number of methoxy groups -OCH3 is 2. The van der Waals surface area contributed by atoms with E-state index in [4.69, 9.17) is 18.9 Å². The molecular weight excluding hydrogens is 472 g/mol. The molecule has 0 saturated heterocycles. The first-order valence-electron chi connectivity index (χ1n) is 11.6. The molecule has 0 radical (unpaired) electrons. The summed E-state index contributed by atoms with van der Waals surface area (Å²) in [5, 5.41) is 0. The minimum absolute atomic E-state index is 0.0230. The minimum atomic E-state index is -0.644. The molecule has 2 aromatic heterocycles. The lowest BCUT2D eigenvalue weighted by Gasteiger charge is -2.07. The van der Waals surface area contributed by atoms with Crippen molar-refractivity contribution in [3.63, 3.8) is 0 Å². The fraction of sp³-hybridized carbons (Fsp3) is 0.480. The largest absolute Gasteiger partial charge is 0.469 e. The number of nitrogens with one attached hydrogen (secondary N) is 2. The van der Waals surface area contributed by atoms with Gasteiger partial charge in [-0.15, -0.1) is 0 Å². The number of aromatic amines is 2. The average molecular weight is 505 g/mol. The van der Waals surface area contributed by atoms with Gasteiger partial charge in [0.25, 0.3) is 0 Å². The van der Waals surface area contributed by atoms with Crippen LogP contribution in [0.1, 0.15) is 86.1 Å². The van der Waals surface area contributed by atoms with Gasteiger partial charge >= 0.3 is 23.9 Å². The number of ketones is 1. The first-order chi connectivity index (χ1) is 17.1. The van der Waals surface area contributed by atoms with Gasteiger partial charge in [0.15, 0.2) is 0 Å². The van der Waals surface area contributed by atoms with E-state index in [9.17, 15) is 24.0 Å². The second-order valence-electron chi connectivity index (χ2n) is 7.88. The maximum Gasteiger partial charge on any atom is 0.355 e. The number of carbonyl (C=O) groups excluding carboxylic acids is 5. The van der Waals surface area contributed by atoms with Crippen molar-refractivity contribution in [2.45, 2.75) is 53.4 Å². The van der Waals surface area contributed by atoms with Crippen LogP contribution < -0.4 is 0 Å². The van der Waals surface area contributed by atoms with E-state index in [0.717, 1.165) is 0 Å². The summed E-state index contributed by atoms with van der Waals surface area (Å²) in [6, 6.07) is 0. The molecule has 2 heterocycles. The molecule has 0 bridgehead atoms. The van der Waals surface area contributed by atoms with Crippen LogP contribution in [-0.4, -0.2) is 67.1 Å². The molecule has 0 aliphatic rings.